The quantitative estimate of drug-likeness (QED) is 0.774. The number of aromatic nitrogens is 2. The Morgan fingerprint density at radius 2 is 2.18 bits per heavy atom. The van der Waals surface area contributed by atoms with Crippen molar-refractivity contribution in [2.75, 3.05) is 30.4 Å². The average Bonchev–Trinajstić information content (AvgIpc) is 3.29. The molecule has 1 aliphatic heterocycles. The highest BCUT2D eigenvalue weighted by Gasteiger charge is 2.56. The van der Waals surface area contributed by atoms with E-state index < -0.39 is 14.6 Å². The fraction of sp³-hybridized carbons (Fsp3) is 0.714. The number of anilines is 1. The van der Waals surface area contributed by atoms with E-state index >= 15 is 0 Å². The topological polar surface area (TPSA) is 72.4 Å². The summed E-state index contributed by atoms with van der Waals surface area (Å²) in [6, 6.07) is 1.96. The highest BCUT2D eigenvalue weighted by Crippen LogP contribution is 2.53. The summed E-state index contributed by atoms with van der Waals surface area (Å²) in [5.74, 6) is 0.793. The maximum atomic E-state index is 12.4. The van der Waals surface area contributed by atoms with Gasteiger partial charge in [-0.15, -0.1) is 0 Å². The van der Waals surface area contributed by atoms with Crippen molar-refractivity contribution in [3.8, 4) is 0 Å². The highest BCUT2D eigenvalue weighted by molar-refractivity contribution is 7.92. The van der Waals surface area contributed by atoms with Crippen LogP contribution in [0, 0.1) is 0 Å². The van der Waals surface area contributed by atoms with Gasteiger partial charge in [0.15, 0.2) is 9.84 Å². The minimum atomic E-state index is -3.21. The van der Waals surface area contributed by atoms with Crippen LogP contribution < -0.4 is 4.90 Å². The van der Waals surface area contributed by atoms with Crippen molar-refractivity contribution in [3.05, 3.63) is 17.0 Å². The van der Waals surface area contributed by atoms with Crippen LogP contribution in [0.2, 0.25) is 5.28 Å². The molecule has 2 aliphatic rings. The molecule has 0 amide bonds. The van der Waals surface area contributed by atoms with Crippen molar-refractivity contribution >= 4 is 27.3 Å². The minimum absolute atomic E-state index is 0.101. The number of sulfone groups is 1. The van der Waals surface area contributed by atoms with Crippen molar-refractivity contribution < 1.29 is 13.2 Å². The van der Waals surface area contributed by atoms with Gasteiger partial charge in [-0.3, -0.25) is 0 Å². The van der Waals surface area contributed by atoms with Gasteiger partial charge in [-0.05, 0) is 31.4 Å². The Kier molecular flexibility index (Phi) is 4.07. The lowest BCUT2D eigenvalue weighted by Crippen LogP contribution is -2.44. The van der Waals surface area contributed by atoms with Crippen LogP contribution in [0.4, 0.5) is 5.82 Å². The molecule has 22 heavy (non-hydrogen) atoms. The summed E-state index contributed by atoms with van der Waals surface area (Å²) >= 11 is 6.07. The van der Waals surface area contributed by atoms with Crippen LogP contribution in [0.3, 0.4) is 0 Å². The lowest BCUT2D eigenvalue weighted by Gasteiger charge is -2.34. The molecule has 2 fully saturated rings. The zero-order valence-corrected chi connectivity index (χ0v) is 14.3. The Morgan fingerprint density at radius 1 is 1.45 bits per heavy atom. The van der Waals surface area contributed by atoms with E-state index in [9.17, 15) is 8.42 Å². The van der Waals surface area contributed by atoms with Gasteiger partial charge in [0, 0.05) is 18.4 Å². The van der Waals surface area contributed by atoms with Crippen LogP contribution in [-0.2, 0) is 19.3 Å². The first-order valence-corrected chi connectivity index (χ1v) is 9.54. The van der Waals surface area contributed by atoms with E-state index in [1.807, 2.05) is 6.92 Å². The van der Waals surface area contributed by atoms with Gasteiger partial charge in [-0.1, -0.05) is 6.92 Å². The lowest BCUT2D eigenvalue weighted by atomic mass is 10.2. The molecule has 1 saturated heterocycles. The van der Waals surface area contributed by atoms with Gasteiger partial charge >= 0.3 is 0 Å². The third-order valence-electron chi connectivity index (χ3n) is 4.49. The number of halogens is 1. The summed E-state index contributed by atoms with van der Waals surface area (Å²) in [5.41, 5.74) is 0.531. The molecule has 3 rings (SSSR count). The normalized spacial score (nSPS) is 24.3. The number of rotatable bonds is 4. The Morgan fingerprint density at radius 3 is 2.77 bits per heavy atom. The Hall–Kier alpha value is -0.920. The maximum absolute atomic E-state index is 12.4. The second-order valence-corrected chi connectivity index (χ2v) is 8.82. The SMILES string of the molecule is CCS(=O)(=O)C1(c2cc(N3CCOCC3C)nc(Cl)n2)CC1. The summed E-state index contributed by atoms with van der Waals surface area (Å²) in [7, 11) is -3.21. The monoisotopic (exact) mass is 345 g/mol. The standard InChI is InChI=1S/C14H20ClN3O3S/c1-3-22(19,20)14(4-5-14)11-8-12(17-13(15)16-11)18-6-7-21-9-10(18)2/h8,10H,3-7,9H2,1-2H3. The minimum Gasteiger partial charge on any atom is -0.377 e. The fourth-order valence-electron chi connectivity index (χ4n) is 2.97. The molecular formula is C14H20ClN3O3S. The summed E-state index contributed by atoms with van der Waals surface area (Å²) in [5, 5.41) is 0.101. The van der Waals surface area contributed by atoms with E-state index in [0.29, 0.717) is 44.1 Å². The Balaban J connectivity index is 2.01. The van der Waals surface area contributed by atoms with E-state index in [1.165, 1.54) is 0 Å². The fourth-order valence-corrected chi connectivity index (χ4v) is 4.85. The Bertz CT molecular complexity index is 676. The van der Waals surface area contributed by atoms with Gasteiger partial charge in [-0.25, -0.2) is 18.4 Å². The third kappa shape index (κ3) is 2.59. The molecule has 8 heteroatoms. The summed E-state index contributed by atoms with van der Waals surface area (Å²) in [6.45, 7) is 5.67. The number of morpholine rings is 1. The van der Waals surface area contributed by atoms with Gasteiger partial charge in [0.05, 0.1) is 24.9 Å². The van der Waals surface area contributed by atoms with Gasteiger partial charge in [0.1, 0.15) is 10.6 Å². The van der Waals surface area contributed by atoms with E-state index in [2.05, 4.69) is 14.9 Å². The molecule has 6 nitrogen and oxygen atoms in total. The first-order chi connectivity index (χ1) is 10.4. The van der Waals surface area contributed by atoms with Crippen LogP contribution in [0.25, 0.3) is 0 Å². The molecule has 0 spiro atoms. The van der Waals surface area contributed by atoms with E-state index in [4.69, 9.17) is 16.3 Å². The molecule has 0 bridgehead atoms. The van der Waals surface area contributed by atoms with E-state index in [1.54, 1.807) is 13.0 Å². The van der Waals surface area contributed by atoms with Crippen molar-refractivity contribution in [1.82, 2.24) is 9.97 Å². The maximum Gasteiger partial charge on any atom is 0.224 e. The van der Waals surface area contributed by atoms with Crippen LogP contribution in [0.15, 0.2) is 6.07 Å². The van der Waals surface area contributed by atoms with Crippen LogP contribution >= 0.6 is 11.6 Å². The molecule has 0 aromatic carbocycles. The first-order valence-electron chi connectivity index (χ1n) is 7.51. The molecular weight excluding hydrogens is 326 g/mol. The van der Waals surface area contributed by atoms with Crippen molar-refractivity contribution in [1.29, 1.82) is 0 Å². The van der Waals surface area contributed by atoms with E-state index in [0.717, 1.165) is 0 Å². The molecule has 1 saturated carbocycles. The molecule has 1 unspecified atom stereocenters. The predicted octanol–water partition coefficient (Wildman–Crippen LogP) is 1.78. The van der Waals surface area contributed by atoms with Crippen molar-refractivity contribution in [2.24, 2.45) is 0 Å². The summed E-state index contributed by atoms with van der Waals surface area (Å²) < 4.78 is 29.4. The summed E-state index contributed by atoms with van der Waals surface area (Å²) in [4.78, 5) is 10.6. The van der Waals surface area contributed by atoms with Gasteiger partial charge < -0.3 is 9.64 Å². The molecule has 0 N–H and O–H groups in total. The van der Waals surface area contributed by atoms with Crippen molar-refractivity contribution in [3.63, 3.8) is 0 Å². The highest BCUT2D eigenvalue weighted by atomic mass is 35.5. The largest absolute Gasteiger partial charge is 0.377 e. The number of hydrogen-bond acceptors (Lipinski definition) is 6. The van der Waals surface area contributed by atoms with Crippen LogP contribution in [-0.4, -0.2) is 49.9 Å². The zero-order chi connectivity index (χ0) is 16.0. The van der Waals surface area contributed by atoms with E-state index in [-0.39, 0.29) is 17.1 Å². The number of nitrogens with zero attached hydrogens (tertiary/aromatic N) is 3. The average molecular weight is 346 g/mol. The van der Waals surface area contributed by atoms with Crippen LogP contribution in [0.5, 0.6) is 0 Å². The molecule has 1 atom stereocenters. The Labute approximate surface area is 135 Å². The lowest BCUT2D eigenvalue weighted by molar-refractivity contribution is 0.0985. The molecule has 1 aromatic rings. The molecule has 122 valence electrons. The third-order valence-corrected chi connectivity index (χ3v) is 7.23. The van der Waals surface area contributed by atoms with Gasteiger partial charge in [-0.2, -0.15) is 0 Å². The predicted molar refractivity (Wildman–Crippen MR) is 85.0 cm³/mol. The smallest absolute Gasteiger partial charge is 0.224 e. The van der Waals surface area contributed by atoms with Crippen LogP contribution in [0.1, 0.15) is 32.4 Å². The number of ether oxygens (including phenoxy) is 1. The first kappa shape index (κ1) is 16.0. The molecule has 2 heterocycles. The van der Waals surface area contributed by atoms with Gasteiger partial charge in [0.25, 0.3) is 0 Å². The zero-order valence-electron chi connectivity index (χ0n) is 12.7. The second-order valence-electron chi connectivity index (χ2n) is 5.90. The molecule has 1 aromatic heterocycles. The number of hydrogen-bond donors (Lipinski definition) is 0. The van der Waals surface area contributed by atoms with Crippen molar-refractivity contribution in [2.45, 2.75) is 37.5 Å². The van der Waals surface area contributed by atoms with Gasteiger partial charge in [0.2, 0.25) is 5.28 Å². The summed E-state index contributed by atoms with van der Waals surface area (Å²) in [6.07, 6.45) is 1.21. The molecule has 0 radical (unpaired) electrons. The second kappa shape index (κ2) is 5.62. The molecule has 1 aliphatic carbocycles.